The van der Waals surface area contributed by atoms with Gasteiger partial charge in [-0.15, -0.1) is 0 Å². The summed E-state index contributed by atoms with van der Waals surface area (Å²) in [5, 5.41) is 13.7. The molecule has 0 saturated carbocycles. The third-order valence-corrected chi connectivity index (χ3v) is 4.72. The smallest absolute Gasteiger partial charge is 0.284 e. The van der Waals surface area contributed by atoms with E-state index in [9.17, 15) is 19.3 Å². The van der Waals surface area contributed by atoms with Crippen molar-refractivity contribution < 1.29 is 18.8 Å². The van der Waals surface area contributed by atoms with Crippen molar-refractivity contribution >= 4 is 23.0 Å². The maximum atomic E-state index is 14.7. The molecule has 29 heavy (non-hydrogen) atoms. The molecule has 8 nitrogen and oxygen atoms in total. The highest BCUT2D eigenvalue weighted by Gasteiger charge is 2.25. The van der Waals surface area contributed by atoms with Crippen LogP contribution in [0.1, 0.15) is 29.8 Å². The molecule has 1 fully saturated rings. The summed E-state index contributed by atoms with van der Waals surface area (Å²) in [6.07, 6.45) is 0.00785. The molecule has 1 aliphatic heterocycles. The Morgan fingerprint density at radius 1 is 1.31 bits per heavy atom. The largest absolute Gasteiger partial charge is 0.398 e. The molecule has 1 aliphatic rings. The second-order valence-corrected chi connectivity index (χ2v) is 7.13. The first-order valence-electron chi connectivity index (χ1n) is 9.26. The maximum absolute atomic E-state index is 14.7. The van der Waals surface area contributed by atoms with Crippen LogP contribution in [0.15, 0.2) is 36.4 Å². The van der Waals surface area contributed by atoms with Gasteiger partial charge in [0, 0.05) is 25.7 Å². The van der Waals surface area contributed by atoms with Gasteiger partial charge in [-0.2, -0.15) is 0 Å². The number of ether oxygens (including phenoxy) is 1. The summed E-state index contributed by atoms with van der Waals surface area (Å²) in [6.45, 7) is 5.08. The van der Waals surface area contributed by atoms with Crippen LogP contribution in [0.4, 0.5) is 21.5 Å². The van der Waals surface area contributed by atoms with E-state index in [1.54, 1.807) is 12.1 Å². The van der Waals surface area contributed by atoms with Gasteiger partial charge in [0.1, 0.15) is 11.4 Å². The second-order valence-electron chi connectivity index (χ2n) is 7.13. The van der Waals surface area contributed by atoms with E-state index in [0.717, 1.165) is 0 Å². The summed E-state index contributed by atoms with van der Waals surface area (Å²) >= 11 is 0. The standard InChI is InChI=1S/C20H23FN4O4/c1-12-10-24(11-13(2)29-12)17-7-6-14(8-15(17)21)9-23-20(26)19-16(22)4-3-5-18(19)25(27)28/h3-8,12-13H,9-11,22H2,1-2H3,(H,23,26). The van der Waals surface area contributed by atoms with Gasteiger partial charge >= 0.3 is 0 Å². The van der Waals surface area contributed by atoms with E-state index in [2.05, 4.69) is 5.32 Å². The predicted octanol–water partition coefficient (Wildman–Crippen LogP) is 2.86. The van der Waals surface area contributed by atoms with Crippen molar-refractivity contribution in [3.8, 4) is 0 Å². The van der Waals surface area contributed by atoms with Crippen LogP contribution in [0.5, 0.6) is 0 Å². The zero-order chi connectivity index (χ0) is 21.1. The lowest BCUT2D eigenvalue weighted by atomic mass is 10.1. The number of carbonyl (C=O) groups excluding carboxylic acids is 1. The Balaban J connectivity index is 1.72. The second kappa shape index (κ2) is 8.44. The molecule has 9 heteroatoms. The van der Waals surface area contributed by atoms with E-state index in [4.69, 9.17) is 10.5 Å². The number of nitrogens with zero attached hydrogens (tertiary/aromatic N) is 2. The molecule has 0 radical (unpaired) electrons. The molecule has 0 aromatic heterocycles. The van der Waals surface area contributed by atoms with E-state index >= 15 is 0 Å². The van der Waals surface area contributed by atoms with Crippen LogP contribution in [0.2, 0.25) is 0 Å². The fraction of sp³-hybridized carbons (Fsp3) is 0.350. The number of halogens is 1. The number of benzene rings is 2. The van der Waals surface area contributed by atoms with E-state index < -0.39 is 16.6 Å². The van der Waals surface area contributed by atoms with E-state index in [-0.39, 0.29) is 35.7 Å². The van der Waals surface area contributed by atoms with Crippen molar-refractivity contribution in [2.24, 2.45) is 0 Å². The normalized spacial score (nSPS) is 19.1. The molecule has 1 amide bonds. The van der Waals surface area contributed by atoms with Crippen LogP contribution in [0, 0.1) is 15.9 Å². The van der Waals surface area contributed by atoms with Gasteiger partial charge in [0.2, 0.25) is 0 Å². The van der Waals surface area contributed by atoms with Gasteiger partial charge < -0.3 is 20.7 Å². The molecule has 2 atom stereocenters. The summed E-state index contributed by atoms with van der Waals surface area (Å²) in [5.74, 6) is -1.08. The van der Waals surface area contributed by atoms with Crippen LogP contribution < -0.4 is 16.0 Å². The molecule has 0 aliphatic carbocycles. The lowest BCUT2D eigenvalue weighted by Gasteiger charge is -2.37. The summed E-state index contributed by atoms with van der Waals surface area (Å²) in [6, 6.07) is 8.77. The minimum absolute atomic E-state index is 0.00392. The molecule has 154 valence electrons. The third kappa shape index (κ3) is 4.62. The predicted molar refractivity (Wildman–Crippen MR) is 107 cm³/mol. The lowest BCUT2D eigenvalue weighted by Crippen LogP contribution is -2.45. The average molecular weight is 402 g/mol. The van der Waals surface area contributed by atoms with Gasteiger partial charge in [-0.05, 0) is 37.6 Å². The average Bonchev–Trinajstić information content (AvgIpc) is 2.65. The number of hydrogen-bond donors (Lipinski definition) is 2. The van der Waals surface area contributed by atoms with Gasteiger partial charge in [0.05, 0.1) is 28.5 Å². The topological polar surface area (TPSA) is 111 Å². The molecule has 0 bridgehead atoms. The number of nitro groups is 1. The molecule has 0 spiro atoms. The summed E-state index contributed by atoms with van der Waals surface area (Å²) in [5.41, 5.74) is 6.18. The van der Waals surface area contributed by atoms with Gasteiger partial charge in [-0.25, -0.2) is 4.39 Å². The number of amides is 1. The van der Waals surface area contributed by atoms with Gasteiger partial charge in [-0.1, -0.05) is 12.1 Å². The van der Waals surface area contributed by atoms with Crippen LogP contribution in [0.3, 0.4) is 0 Å². The quantitative estimate of drug-likeness (QED) is 0.452. The molecule has 2 aromatic rings. The molecule has 2 aromatic carbocycles. The molecule has 1 saturated heterocycles. The number of nitrogen functional groups attached to an aromatic ring is 1. The zero-order valence-electron chi connectivity index (χ0n) is 16.2. The monoisotopic (exact) mass is 402 g/mol. The first-order chi connectivity index (χ1) is 13.8. The molecule has 3 N–H and O–H groups in total. The minimum atomic E-state index is -0.685. The molecular formula is C20H23FN4O4. The lowest BCUT2D eigenvalue weighted by molar-refractivity contribution is -0.385. The number of nitro benzene ring substituents is 1. The maximum Gasteiger partial charge on any atom is 0.284 e. The SMILES string of the molecule is CC1CN(c2ccc(CNC(=O)c3c(N)cccc3[N+](=O)[O-])cc2F)CC(C)O1. The van der Waals surface area contributed by atoms with Crippen molar-refractivity contribution in [3.63, 3.8) is 0 Å². The van der Waals surface area contributed by atoms with Crippen molar-refractivity contribution in [1.29, 1.82) is 0 Å². The van der Waals surface area contributed by atoms with E-state index in [1.165, 1.54) is 24.3 Å². The molecular weight excluding hydrogens is 379 g/mol. The summed E-state index contributed by atoms with van der Waals surface area (Å²) in [7, 11) is 0. The fourth-order valence-electron chi connectivity index (χ4n) is 3.52. The molecule has 2 unspecified atom stereocenters. The molecule has 1 heterocycles. The third-order valence-electron chi connectivity index (χ3n) is 4.72. The van der Waals surface area contributed by atoms with Gasteiger partial charge in [0.25, 0.3) is 11.6 Å². The zero-order valence-corrected chi connectivity index (χ0v) is 16.2. The Hall–Kier alpha value is -3.20. The van der Waals surface area contributed by atoms with Crippen LogP contribution in [0.25, 0.3) is 0 Å². The first-order valence-corrected chi connectivity index (χ1v) is 9.26. The fourth-order valence-corrected chi connectivity index (χ4v) is 3.52. The highest BCUT2D eigenvalue weighted by atomic mass is 19.1. The molecule has 3 rings (SSSR count). The van der Waals surface area contributed by atoms with Gasteiger partial charge in [-0.3, -0.25) is 14.9 Å². The number of nitrogens with one attached hydrogen (secondary N) is 1. The Bertz CT molecular complexity index is 927. The Kier molecular flexibility index (Phi) is 5.97. The Morgan fingerprint density at radius 3 is 2.62 bits per heavy atom. The van der Waals surface area contributed by atoms with E-state index in [0.29, 0.717) is 24.3 Å². The van der Waals surface area contributed by atoms with Crippen molar-refractivity contribution in [2.75, 3.05) is 23.7 Å². The van der Waals surface area contributed by atoms with Crippen molar-refractivity contribution in [3.05, 3.63) is 63.5 Å². The van der Waals surface area contributed by atoms with Crippen LogP contribution in [-0.2, 0) is 11.3 Å². The first kappa shape index (κ1) is 20.5. The summed E-state index contributed by atoms with van der Waals surface area (Å²) in [4.78, 5) is 24.8. The van der Waals surface area contributed by atoms with Crippen molar-refractivity contribution in [2.45, 2.75) is 32.6 Å². The number of anilines is 2. The minimum Gasteiger partial charge on any atom is -0.398 e. The van der Waals surface area contributed by atoms with Gasteiger partial charge in [0.15, 0.2) is 0 Å². The highest BCUT2D eigenvalue weighted by molar-refractivity contribution is 6.03. The van der Waals surface area contributed by atoms with E-state index in [1.807, 2.05) is 18.7 Å². The van der Waals surface area contributed by atoms with Crippen molar-refractivity contribution in [1.82, 2.24) is 5.32 Å². The Labute approximate surface area is 167 Å². The highest BCUT2D eigenvalue weighted by Crippen LogP contribution is 2.26. The Morgan fingerprint density at radius 2 is 2.00 bits per heavy atom. The number of hydrogen-bond acceptors (Lipinski definition) is 6. The number of carbonyl (C=O) groups is 1. The number of rotatable bonds is 5. The number of nitrogens with two attached hydrogens (primary N) is 1. The van der Waals surface area contributed by atoms with Crippen LogP contribution >= 0.6 is 0 Å². The number of morpholine rings is 1. The summed E-state index contributed by atoms with van der Waals surface area (Å²) < 4.78 is 20.3. The van der Waals surface area contributed by atoms with Crippen LogP contribution in [-0.4, -0.2) is 36.1 Å².